The second kappa shape index (κ2) is 5.46. The van der Waals surface area contributed by atoms with Crippen LogP contribution in [0.1, 0.15) is 51.4 Å². The lowest BCUT2D eigenvalue weighted by molar-refractivity contribution is -0.176. The van der Waals surface area contributed by atoms with Crippen molar-refractivity contribution >= 4 is 16.1 Å². The number of hydrogen-bond donors (Lipinski definition) is 1. The van der Waals surface area contributed by atoms with E-state index in [0.29, 0.717) is 24.7 Å². The molecular weight excluding hydrogens is 308 g/mol. The third-order valence-corrected chi connectivity index (χ3v) is 6.26. The first-order valence-electron chi connectivity index (χ1n) is 7.99. The minimum atomic E-state index is -4.25. The van der Waals surface area contributed by atoms with Crippen LogP contribution in [0.15, 0.2) is 0 Å². The number of aliphatic hydroxyl groups is 1. The van der Waals surface area contributed by atoms with Crippen molar-refractivity contribution in [3.63, 3.8) is 0 Å². The summed E-state index contributed by atoms with van der Waals surface area (Å²) in [6.45, 7) is -0.0342. The molecule has 4 aliphatic rings. The van der Waals surface area contributed by atoms with E-state index in [2.05, 4.69) is 0 Å². The molecule has 4 fully saturated rings. The maximum atomic E-state index is 12.0. The maximum Gasteiger partial charge on any atom is 0.306 e. The van der Waals surface area contributed by atoms with Gasteiger partial charge in [-0.25, -0.2) is 8.42 Å². The van der Waals surface area contributed by atoms with Gasteiger partial charge in [0.15, 0.2) is 0 Å². The van der Waals surface area contributed by atoms with Crippen molar-refractivity contribution in [1.82, 2.24) is 0 Å². The van der Waals surface area contributed by atoms with Crippen molar-refractivity contribution in [3.8, 4) is 0 Å². The lowest BCUT2D eigenvalue weighted by Crippen LogP contribution is -2.56. The summed E-state index contributed by atoms with van der Waals surface area (Å²) in [5.41, 5.74) is -0.735. The maximum absolute atomic E-state index is 12.0. The van der Waals surface area contributed by atoms with Gasteiger partial charge in [0.25, 0.3) is 0 Å². The van der Waals surface area contributed by atoms with Gasteiger partial charge in [0.1, 0.15) is 0 Å². The topological polar surface area (TPSA) is 104 Å². The highest BCUT2D eigenvalue weighted by atomic mass is 32.2. The molecule has 4 bridgehead atoms. The number of esters is 1. The molecule has 1 N–H and O–H groups in total. The molecule has 4 saturated carbocycles. The Kier molecular flexibility index (Phi) is 4.02. The minimum absolute atomic E-state index is 0.0342. The fourth-order valence-electron chi connectivity index (χ4n) is 5.39. The predicted octanol–water partition coefficient (Wildman–Crippen LogP) is 1.19. The first kappa shape index (κ1) is 16.2. The molecule has 4 rings (SSSR count). The average Bonchev–Trinajstić information content (AvgIpc) is 2.29. The average molecular weight is 331 g/mol. The Hall–Kier alpha value is -0.660. The van der Waals surface area contributed by atoms with E-state index >= 15 is 0 Å². The summed E-state index contributed by atoms with van der Waals surface area (Å²) < 4.78 is 36.5. The summed E-state index contributed by atoms with van der Waals surface area (Å²) >= 11 is 0. The lowest BCUT2D eigenvalue weighted by atomic mass is 9.47. The Balaban J connectivity index is 1.51. The SMILES string of the molecule is O=C(CC12CC3CC(CC(O)(C3)C1)C2)OCCCS(=O)(=O)[O-]. The molecule has 0 amide bonds. The van der Waals surface area contributed by atoms with Crippen molar-refractivity contribution in [2.45, 2.75) is 57.0 Å². The number of carbonyl (C=O) groups is 1. The van der Waals surface area contributed by atoms with Crippen molar-refractivity contribution in [3.05, 3.63) is 0 Å². The number of ether oxygens (including phenoxy) is 1. The van der Waals surface area contributed by atoms with Crippen LogP contribution in [0.25, 0.3) is 0 Å². The fraction of sp³-hybridized carbons (Fsp3) is 0.933. The normalized spacial score (nSPS) is 39.9. The Morgan fingerprint density at radius 3 is 2.41 bits per heavy atom. The number of hydrogen-bond acceptors (Lipinski definition) is 6. The van der Waals surface area contributed by atoms with E-state index < -0.39 is 21.5 Å². The molecular formula is C15H23O6S-. The highest BCUT2D eigenvalue weighted by Crippen LogP contribution is 2.62. The third kappa shape index (κ3) is 3.63. The van der Waals surface area contributed by atoms with E-state index in [1.54, 1.807) is 0 Å². The zero-order valence-electron chi connectivity index (χ0n) is 12.6. The molecule has 0 radical (unpaired) electrons. The van der Waals surface area contributed by atoms with Gasteiger partial charge in [-0.2, -0.15) is 0 Å². The van der Waals surface area contributed by atoms with Crippen LogP contribution in [-0.2, 0) is 19.6 Å². The van der Waals surface area contributed by atoms with Crippen LogP contribution in [0.4, 0.5) is 0 Å². The second-order valence-corrected chi connectivity index (χ2v) is 9.22. The molecule has 0 aliphatic heterocycles. The van der Waals surface area contributed by atoms with Crippen LogP contribution in [0.3, 0.4) is 0 Å². The molecule has 0 spiro atoms. The first-order chi connectivity index (χ1) is 10.2. The summed E-state index contributed by atoms with van der Waals surface area (Å²) in [6, 6.07) is 0. The van der Waals surface area contributed by atoms with E-state index in [4.69, 9.17) is 4.74 Å². The van der Waals surface area contributed by atoms with Crippen LogP contribution in [0.5, 0.6) is 0 Å². The van der Waals surface area contributed by atoms with Gasteiger partial charge >= 0.3 is 5.97 Å². The van der Waals surface area contributed by atoms with Crippen molar-refractivity contribution < 1.29 is 27.6 Å². The molecule has 0 aromatic heterocycles. The van der Waals surface area contributed by atoms with Crippen molar-refractivity contribution in [2.75, 3.05) is 12.4 Å². The molecule has 2 atom stereocenters. The van der Waals surface area contributed by atoms with Crippen LogP contribution in [0.2, 0.25) is 0 Å². The summed E-state index contributed by atoms with van der Waals surface area (Å²) in [4.78, 5) is 12.0. The zero-order chi connectivity index (χ0) is 16.0. The molecule has 0 heterocycles. The van der Waals surface area contributed by atoms with Gasteiger partial charge in [-0.05, 0) is 62.2 Å². The van der Waals surface area contributed by atoms with Crippen molar-refractivity contribution in [1.29, 1.82) is 0 Å². The van der Waals surface area contributed by atoms with Crippen LogP contribution >= 0.6 is 0 Å². The van der Waals surface area contributed by atoms with Crippen LogP contribution in [0, 0.1) is 17.3 Å². The number of carbonyl (C=O) groups excluding carboxylic acids is 1. The van der Waals surface area contributed by atoms with E-state index in [-0.39, 0.29) is 24.4 Å². The van der Waals surface area contributed by atoms with Gasteiger partial charge in [-0.3, -0.25) is 4.79 Å². The quantitative estimate of drug-likeness (QED) is 0.445. The molecule has 0 aromatic rings. The number of rotatable bonds is 6. The molecule has 2 unspecified atom stereocenters. The first-order valence-corrected chi connectivity index (χ1v) is 9.56. The fourth-order valence-corrected chi connectivity index (χ4v) is 5.86. The van der Waals surface area contributed by atoms with Gasteiger partial charge in [-0.15, -0.1) is 0 Å². The lowest BCUT2D eigenvalue weighted by Gasteiger charge is -2.60. The van der Waals surface area contributed by atoms with E-state index in [0.717, 1.165) is 25.7 Å². The Morgan fingerprint density at radius 2 is 1.86 bits per heavy atom. The van der Waals surface area contributed by atoms with E-state index in [9.17, 15) is 22.9 Å². The van der Waals surface area contributed by atoms with Crippen LogP contribution in [-0.4, -0.2) is 42.0 Å². The highest BCUT2D eigenvalue weighted by Gasteiger charge is 2.57. The molecule has 4 aliphatic carbocycles. The van der Waals surface area contributed by atoms with E-state index in [1.165, 1.54) is 6.42 Å². The summed E-state index contributed by atoms with van der Waals surface area (Å²) in [7, 11) is -4.25. The van der Waals surface area contributed by atoms with E-state index in [1.807, 2.05) is 0 Å². The third-order valence-electron chi connectivity index (χ3n) is 5.47. The molecule has 0 aromatic carbocycles. The Morgan fingerprint density at radius 1 is 1.23 bits per heavy atom. The Bertz CT molecular complexity index is 540. The van der Waals surface area contributed by atoms with Gasteiger partial charge < -0.3 is 14.4 Å². The highest BCUT2D eigenvalue weighted by molar-refractivity contribution is 7.85. The monoisotopic (exact) mass is 331 g/mol. The van der Waals surface area contributed by atoms with Gasteiger partial charge in [0, 0.05) is 5.75 Å². The predicted molar refractivity (Wildman–Crippen MR) is 76.8 cm³/mol. The van der Waals surface area contributed by atoms with Gasteiger partial charge in [0.2, 0.25) is 0 Å². The molecule has 6 nitrogen and oxygen atoms in total. The summed E-state index contributed by atoms with van der Waals surface area (Å²) in [6.07, 6.45) is 5.87. The summed E-state index contributed by atoms with van der Waals surface area (Å²) in [5, 5.41) is 10.6. The van der Waals surface area contributed by atoms with Crippen molar-refractivity contribution in [2.24, 2.45) is 17.3 Å². The largest absolute Gasteiger partial charge is 0.748 e. The summed E-state index contributed by atoms with van der Waals surface area (Å²) in [5.74, 6) is 0.193. The smallest absolute Gasteiger partial charge is 0.306 e. The molecule has 126 valence electrons. The Labute approximate surface area is 131 Å². The molecule has 22 heavy (non-hydrogen) atoms. The van der Waals surface area contributed by atoms with Crippen LogP contribution < -0.4 is 0 Å². The minimum Gasteiger partial charge on any atom is -0.748 e. The standard InChI is InChI=1S/C15H24O6S/c16-13(21-2-1-3-22(18,19)20)9-14-5-11-4-12(6-14)8-15(17,7-11)10-14/h11-12,17H,1-10H2,(H,18,19,20)/p-1. The zero-order valence-corrected chi connectivity index (χ0v) is 13.4. The van der Waals surface area contributed by atoms with Gasteiger partial charge in [0.05, 0.1) is 28.7 Å². The second-order valence-electron chi connectivity index (χ2n) is 7.70. The van der Waals surface area contributed by atoms with Gasteiger partial charge in [-0.1, -0.05) is 0 Å². The molecule has 7 heteroatoms. The molecule has 0 saturated heterocycles.